The highest BCUT2D eigenvalue weighted by Crippen LogP contribution is 2.37. The molecule has 0 unspecified atom stereocenters. The summed E-state index contributed by atoms with van der Waals surface area (Å²) in [5.41, 5.74) is 4.69. The van der Waals surface area contributed by atoms with Gasteiger partial charge in [-0.2, -0.15) is 0 Å². The Morgan fingerprint density at radius 1 is 0.917 bits per heavy atom. The van der Waals surface area contributed by atoms with Crippen molar-refractivity contribution >= 4 is 33.3 Å². The van der Waals surface area contributed by atoms with Crippen molar-refractivity contribution in [3.05, 3.63) is 66.4 Å². The Balaban J connectivity index is 1.48. The zero-order valence-corrected chi connectivity index (χ0v) is 13.4. The molecule has 3 heteroatoms. The van der Waals surface area contributed by atoms with Crippen molar-refractivity contribution in [1.29, 1.82) is 0 Å². The first-order valence-corrected chi connectivity index (χ1v) is 8.60. The van der Waals surface area contributed by atoms with E-state index in [1.165, 1.54) is 35.6 Å². The zero-order valence-electron chi connectivity index (χ0n) is 13.4. The Morgan fingerprint density at radius 3 is 2.67 bits per heavy atom. The third kappa shape index (κ3) is 2.33. The first-order valence-electron chi connectivity index (χ1n) is 8.60. The monoisotopic (exact) mass is 313 g/mol. The van der Waals surface area contributed by atoms with Gasteiger partial charge in [-0.15, -0.1) is 0 Å². The quantitative estimate of drug-likeness (QED) is 0.507. The lowest BCUT2D eigenvalue weighted by Gasteiger charge is -2.25. The summed E-state index contributed by atoms with van der Waals surface area (Å²) in [6.45, 7) is 0. The van der Waals surface area contributed by atoms with Crippen LogP contribution in [0.4, 0.5) is 11.5 Å². The molecule has 1 saturated carbocycles. The van der Waals surface area contributed by atoms with Crippen molar-refractivity contribution in [2.24, 2.45) is 0 Å². The summed E-state index contributed by atoms with van der Waals surface area (Å²) in [5, 5.41) is 5.84. The third-order valence-electron chi connectivity index (χ3n) is 5.12. The molecular weight excluding hydrogens is 294 g/mol. The van der Waals surface area contributed by atoms with Gasteiger partial charge < -0.3 is 10.3 Å². The minimum Gasteiger partial charge on any atom is -0.361 e. The van der Waals surface area contributed by atoms with Gasteiger partial charge in [0.25, 0.3) is 0 Å². The van der Waals surface area contributed by atoms with Crippen molar-refractivity contribution in [3.63, 3.8) is 0 Å². The van der Waals surface area contributed by atoms with Crippen molar-refractivity contribution < 1.29 is 0 Å². The molecule has 24 heavy (non-hydrogen) atoms. The van der Waals surface area contributed by atoms with Gasteiger partial charge >= 0.3 is 0 Å². The number of hydrogen-bond acceptors (Lipinski definition) is 2. The van der Waals surface area contributed by atoms with Gasteiger partial charge in [-0.05, 0) is 66.1 Å². The van der Waals surface area contributed by atoms with E-state index in [2.05, 4.69) is 58.8 Å². The number of hydrogen-bond donors (Lipinski definition) is 2. The van der Waals surface area contributed by atoms with Gasteiger partial charge in [-0.25, -0.2) is 4.98 Å². The minimum absolute atomic E-state index is 0.739. The van der Waals surface area contributed by atoms with E-state index in [9.17, 15) is 0 Å². The molecule has 0 aliphatic heterocycles. The Labute approximate surface area is 140 Å². The first kappa shape index (κ1) is 13.6. The van der Waals surface area contributed by atoms with Gasteiger partial charge in [-0.3, -0.25) is 0 Å². The van der Waals surface area contributed by atoms with Gasteiger partial charge in [0.05, 0.1) is 5.52 Å². The van der Waals surface area contributed by atoms with Crippen molar-refractivity contribution in [2.45, 2.75) is 25.2 Å². The fraction of sp³-hybridized carbons (Fsp3) is 0.190. The normalized spacial score (nSPS) is 14.8. The lowest BCUT2D eigenvalue weighted by Crippen LogP contribution is -2.08. The molecule has 2 aromatic heterocycles. The van der Waals surface area contributed by atoms with E-state index in [0.29, 0.717) is 0 Å². The van der Waals surface area contributed by atoms with Gasteiger partial charge in [-0.1, -0.05) is 24.6 Å². The summed E-state index contributed by atoms with van der Waals surface area (Å²) >= 11 is 0. The molecule has 0 saturated heterocycles. The average Bonchev–Trinajstić information content (AvgIpc) is 3.00. The molecule has 0 spiro atoms. The standard InChI is InChI=1S/C21H19N3/c1-2-14(3-1)17-5-4-15-7-9-21(24-20(15)12-17)23-18-8-6-16-10-11-22-19(16)13-18/h4-14,22H,1-3H2,(H,23,24). The van der Waals surface area contributed by atoms with Crippen LogP contribution in [0.3, 0.4) is 0 Å². The maximum Gasteiger partial charge on any atom is 0.131 e. The van der Waals surface area contributed by atoms with Crippen LogP contribution in [0, 0.1) is 0 Å². The smallest absolute Gasteiger partial charge is 0.131 e. The number of H-pyrrole nitrogens is 1. The predicted octanol–water partition coefficient (Wildman–Crippen LogP) is 5.73. The van der Waals surface area contributed by atoms with Crippen LogP contribution in [0.2, 0.25) is 0 Å². The van der Waals surface area contributed by atoms with Gasteiger partial charge in [0, 0.05) is 22.8 Å². The molecule has 0 atom stereocenters. The molecule has 1 aliphatic rings. The Morgan fingerprint density at radius 2 is 1.79 bits per heavy atom. The van der Waals surface area contributed by atoms with E-state index in [1.807, 2.05) is 12.3 Å². The summed E-state index contributed by atoms with van der Waals surface area (Å²) in [6, 6.07) is 19.3. The first-order chi connectivity index (χ1) is 11.8. The second-order valence-electron chi connectivity index (χ2n) is 6.68. The summed E-state index contributed by atoms with van der Waals surface area (Å²) in [7, 11) is 0. The molecule has 4 aromatic rings. The van der Waals surface area contributed by atoms with E-state index in [1.54, 1.807) is 0 Å². The number of anilines is 2. The number of nitrogens with one attached hydrogen (secondary N) is 2. The number of aromatic nitrogens is 2. The molecule has 0 bridgehead atoms. The fourth-order valence-electron chi connectivity index (χ4n) is 3.47. The highest BCUT2D eigenvalue weighted by atomic mass is 15.0. The Hall–Kier alpha value is -2.81. The predicted molar refractivity (Wildman–Crippen MR) is 99.9 cm³/mol. The lowest BCUT2D eigenvalue weighted by molar-refractivity contribution is 0.420. The van der Waals surface area contributed by atoms with Crippen LogP contribution in [-0.2, 0) is 0 Å². The minimum atomic E-state index is 0.739. The maximum atomic E-state index is 4.82. The van der Waals surface area contributed by atoms with E-state index in [4.69, 9.17) is 4.98 Å². The SMILES string of the molecule is c1cc2ccc(Nc3ccc4ccc(C5CCC5)cc4n3)cc2[nH]1. The second-order valence-corrected chi connectivity index (χ2v) is 6.68. The molecule has 2 heterocycles. The number of aromatic amines is 1. The van der Waals surface area contributed by atoms with Crippen molar-refractivity contribution in [3.8, 4) is 0 Å². The summed E-state index contributed by atoms with van der Waals surface area (Å²) < 4.78 is 0. The third-order valence-corrected chi connectivity index (χ3v) is 5.12. The molecule has 1 fully saturated rings. The van der Waals surface area contributed by atoms with Crippen LogP contribution in [0.25, 0.3) is 21.8 Å². The molecule has 1 aliphatic carbocycles. The Kier molecular flexibility index (Phi) is 3.05. The number of benzene rings is 2. The second kappa shape index (κ2) is 5.38. The number of fused-ring (bicyclic) bond motifs is 2. The Bertz CT molecular complexity index is 1030. The summed E-state index contributed by atoms with van der Waals surface area (Å²) in [4.78, 5) is 8.07. The van der Waals surface area contributed by atoms with Crippen LogP contribution in [0.15, 0.2) is 60.8 Å². The molecule has 118 valence electrons. The zero-order chi connectivity index (χ0) is 15.9. The van der Waals surface area contributed by atoms with E-state index >= 15 is 0 Å². The lowest BCUT2D eigenvalue weighted by atomic mass is 9.80. The topological polar surface area (TPSA) is 40.7 Å². The largest absolute Gasteiger partial charge is 0.361 e. The summed E-state index contributed by atoms with van der Waals surface area (Å²) in [6.07, 6.45) is 5.96. The maximum absolute atomic E-state index is 4.82. The molecule has 2 aromatic carbocycles. The van der Waals surface area contributed by atoms with Crippen molar-refractivity contribution in [2.75, 3.05) is 5.32 Å². The molecule has 0 amide bonds. The van der Waals surface area contributed by atoms with Crippen LogP contribution in [0.5, 0.6) is 0 Å². The van der Waals surface area contributed by atoms with Gasteiger partial charge in [0.15, 0.2) is 0 Å². The molecule has 0 radical (unpaired) electrons. The molecule has 3 nitrogen and oxygen atoms in total. The fourth-order valence-corrected chi connectivity index (χ4v) is 3.47. The van der Waals surface area contributed by atoms with E-state index in [-0.39, 0.29) is 0 Å². The molecule has 2 N–H and O–H groups in total. The number of rotatable bonds is 3. The summed E-state index contributed by atoms with van der Waals surface area (Å²) in [5.74, 6) is 1.63. The highest BCUT2D eigenvalue weighted by molar-refractivity contribution is 5.85. The van der Waals surface area contributed by atoms with Crippen LogP contribution >= 0.6 is 0 Å². The molecular formula is C21H19N3. The number of pyridine rings is 1. The van der Waals surface area contributed by atoms with Gasteiger partial charge in [0.1, 0.15) is 5.82 Å². The molecule has 5 rings (SSSR count). The van der Waals surface area contributed by atoms with Gasteiger partial charge in [0.2, 0.25) is 0 Å². The number of nitrogens with zero attached hydrogens (tertiary/aromatic N) is 1. The van der Waals surface area contributed by atoms with Crippen LogP contribution in [-0.4, -0.2) is 9.97 Å². The van der Waals surface area contributed by atoms with Crippen molar-refractivity contribution in [1.82, 2.24) is 9.97 Å². The van der Waals surface area contributed by atoms with Crippen LogP contribution in [0.1, 0.15) is 30.7 Å². The average molecular weight is 313 g/mol. The van der Waals surface area contributed by atoms with Crippen LogP contribution < -0.4 is 5.32 Å². The highest BCUT2D eigenvalue weighted by Gasteiger charge is 2.19. The van der Waals surface area contributed by atoms with E-state index in [0.717, 1.165) is 28.5 Å². The van der Waals surface area contributed by atoms with E-state index < -0.39 is 0 Å².